The Bertz CT molecular complexity index is 521. The number of thiophene rings is 1. The van der Waals surface area contributed by atoms with Crippen molar-refractivity contribution in [2.75, 3.05) is 19.6 Å². The molecule has 1 aliphatic heterocycles. The van der Waals surface area contributed by atoms with Gasteiger partial charge >= 0.3 is 6.03 Å². The van der Waals surface area contributed by atoms with Crippen molar-refractivity contribution < 1.29 is 18.4 Å². The van der Waals surface area contributed by atoms with E-state index in [2.05, 4.69) is 10.6 Å². The first-order valence-corrected chi connectivity index (χ1v) is 7.60. The Balaban J connectivity index is 1.92. The van der Waals surface area contributed by atoms with Crippen LogP contribution in [0, 0.1) is 0 Å². The topological polar surface area (TPSA) is 61.4 Å². The molecule has 0 spiro atoms. The molecule has 1 aliphatic rings. The summed E-state index contributed by atoms with van der Waals surface area (Å²) in [6.45, 7) is 3.31. The molecule has 3 amide bonds. The van der Waals surface area contributed by atoms with Crippen LogP contribution in [0.25, 0.3) is 0 Å². The lowest BCUT2D eigenvalue weighted by atomic mass is 10.2. The summed E-state index contributed by atoms with van der Waals surface area (Å²) in [5, 5.41) is 6.88. The van der Waals surface area contributed by atoms with Crippen LogP contribution >= 0.6 is 11.3 Å². The summed E-state index contributed by atoms with van der Waals surface area (Å²) in [5.74, 6) is -0.505. The first kappa shape index (κ1) is 15.7. The number of halogens is 2. The maximum absolute atomic E-state index is 12.8. The van der Waals surface area contributed by atoms with Crippen LogP contribution in [0.2, 0.25) is 0 Å². The first-order chi connectivity index (χ1) is 10.0. The van der Waals surface area contributed by atoms with Crippen LogP contribution in [-0.2, 0) is 0 Å². The Morgan fingerprint density at radius 1 is 1.52 bits per heavy atom. The lowest BCUT2D eigenvalue weighted by Crippen LogP contribution is -2.42. The van der Waals surface area contributed by atoms with Gasteiger partial charge in [-0.05, 0) is 24.8 Å². The van der Waals surface area contributed by atoms with Crippen molar-refractivity contribution in [1.29, 1.82) is 0 Å². The molecule has 1 aromatic heterocycles. The number of hydrogen-bond acceptors (Lipinski definition) is 3. The van der Waals surface area contributed by atoms with Gasteiger partial charge in [-0.25, -0.2) is 13.6 Å². The van der Waals surface area contributed by atoms with Crippen molar-refractivity contribution in [3.8, 4) is 0 Å². The molecule has 5 nitrogen and oxygen atoms in total. The van der Waals surface area contributed by atoms with Gasteiger partial charge in [0.1, 0.15) is 0 Å². The molecule has 0 bridgehead atoms. The van der Waals surface area contributed by atoms with E-state index in [-0.39, 0.29) is 22.5 Å². The van der Waals surface area contributed by atoms with Crippen LogP contribution in [0.1, 0.15) is 35.0 Å². The molecule has 21 heavy (non-hydrogen) atoms. The summed E-state index contributed by atoms with van der Waals surface area (Å²) in [6.07, 6.45) is -2.03. The highest BCUT2D eigenvalue weighted by atomic mass is 32.1. The number of alkyl halides is 2. The average Bonchev–Trinajstić information content (AvgIpc) is 3.07. The quantitative estimate of drug-likeness (QED) is 0.894. The number of amides is 3. The van der Waals surface area contributed by atoms with Crippen LogP contribution in [-0.4, -0.2) is 42.5 Å². The predicted molar refractivity (Wildman–Crippen MR) is 75.8 cm³/mol. The van der Waals surface area contributed by atoms with E-state index < -0.39 is 12.3 Å². The largest absolute Gasteiger partial charge is 0.347 e. The van der Waals surface area contributed by atoms with Crippen LogP contribution in [0.5, 0.6) is 0 Å². The molecule has 0 radical (unpaired) electrons. The van der Waals surface area contributed by atoms with Gasteiger partial charge in [0.05, 0.1) is 10.4 Å². The van der Waals surface area contributed by atoms with Gasteiger partial charge in [-0.2, -0.15) is 0 Å². The van der Waals surface area contributed by atoms with Gasteiger partial charge in [0.25, 0.3) is 12.3 Å². The van der Waals surface area contributed by atoms with E-state index in [1.807, 2.05) is 6.92 Å². The zero-order valence-corrected chi connectivity index (χ0v) is 12.4. The van der Waals surface area contributed by atoms with Crippen molar-refractivity contribution in [1.82, 2.24) is 15.5 Å². The third-order valence-corrected chi connectivity index (χ3v) is 4.20. The lowest BCUT2D eigenvalue weighted by Gasteiger charge is -2.17. The molecule has 2 heterocycles. The molecule has 1 unspecified atom stereocenters. The minimum absolute atomic E-state index is 0.0199. The number of carbonyl (C=O) groups is 2. The van der Waals surface area contributed by atoms with Crippen molar-refractivity contribution >= 4 is 23.3 Å². The molecule has 8 heteroatoms. The summed E-state index contributed by atoms with van der Waals surface area (Å²) < 4.78 is 25.5. The second-order valence-electron chi connectivity index (χ2n) is 4.74. The van der Waals surface area contributed by atoms with Crippen molar-refractivity contribution in [2.24, 2.45) is 0 Å². The predicted octanol–water partition coefficient (Wildman–Crippen LogP) is 2.22. The third kappa shape index (κ3) is 3.69. The van der Waals surface area contributed by atoms with Gasteiger partial charge in [-0.3, -0.25) is 4.79 Å². The molecular formula is C13H17F2N3O2S. The molecule has 2 N–H and O–H groups in total. The lowest BCUT2D eigenvalue weighted by molar-refractivity contribution is 0.0927. The van der Waals surface area contributed by atoms with E-state index >= 15 is 0 Å². The Kier molecular flexibility index (Phi) is 5.11. The number of carbonyl (C=O) groups excluding carboxylic acids is 2. The van der Waals surface area contributed by atoms with E-state index in [0.29, 0.717) is 26.1 Å². The normalized spacial score (nSPS) is 18.1. The summed E-state index contributed by atoms with van der Waals surface area (Å²) >= 11 is 0.871. The summed E-state index contributed by atoms with van der Waals surface area (Å²) in [5.41, 5.74) is 0.0199. The van der Waals surface area contributed by atoms with E-state index in [0.717, 1.165) is 11.3 Å². The second-order valence-corrected chi connectivity index (χ2v) is 5.69. The van der Waals surface area contributed by atoms with Crippen molar-refractivity contribution in [2.45, 2.75) is 25.8 Å². The van der Waals surface area contributed by atoms with Gasteiger partial charge in [0, 0.05) is 25.7 Å². The maximum atomic E-state index is 12.8. The average molecular weight is 317 g/mol. The van der Waals surface area contributed by atoms with Crippen molar-refractivity contribution in [3.05, 3.63) is 21.9 Å². The highest BCUT2D eigenvalue weighted by Crippen LogP contribution is 2.28. The van der Waals surface area contributed by atoms with Crippen LogP contribution in [0.3, 0.4) is 0 Å². The molecule has 1 aromatic rings. The van der Waals surface area contributed by atoms with Crippen molar-refractivity contribution in [3.63, 3.8) is 0 Å². The van der Waals surface area contributed by atoms with E-state index in [1.165, 1.54) is 11.4 Å². The molecule has 1 atom stereocenters. The SMILES string of the molecule is CCNC(=O)N1CCC(NC(=O)c2ccsc2C(F)F)C1. The monoisotopic (exact) mass is 317 g/mol. The maximum Gasteiger partial charge on any atom is 0.317 e. The van der Waals surface area contributed by atoms with Crippen LogP contribution in [0.15, 0.2) is 11.4 Å². The van der Waals surface area contributed by atoms with Gasteiger partial charge in [-0.1, -0.05) is 0 Å². The fraction of sp³-hybridized carbons (Fsp3) is 0.538. The van der Waals surface area contributed by atoms with Gasteiger partial charge in [0.15, 0.2) is 0 Å². The first-order valence-electron chi connectivity index (χ1n) is 6.72. The Labute approximate surface area is 125 Å². The minimum atomic E-state index is -2.65. The summed E-state index contributed by atoms with van der Waals surface area (Å²) in [6, 6.07) is 1.03. The zero-order chi connectivity index (χ0) is 15.4. The molecule has 0 saturated carbocycles. The Morgan fingerprint density at radius 2 is 2.29 bits per heavy atom. The Hall–Kier alpha value is -1.70. The zero-order valence-electron chi connectivity index (χ0n) is 11.6. The molecule has 0 aromatic carbocycles. The van der Waals surface area contributed by atoms with E-state index in [4.69, 9.17) is 0 Å². The fourth-order valence-electron chi connectivity index (χ4n) is 2.27. The highest BCUT2D eigenvalue weighted by molar-refractivity contribution is 7.10. The molecular weight excluding hydrogens is 300 g/mol. The van der Waals surface area contributed by atoms with Gasteiger partial charge < -0.3 is 15.5 Å². The van der Waals surface area contributed by atoms with Gasteiger partial charge in [0.2, 0.25) is 0 Å². The van der Waals surface area contributed by atoms with Crippen LogP contribution in [0.4, 0.5) is 13.6 Å². The molecule has 116 valence electrons. The number of hydrogen-bond donors (Lipinski definition) is 2. The second kappa shape index (κ2) is 6.84. The summed E-state index contributed by atoms with van der Waals surface area (Å²) in [4.78, 5) is 25.1. The highest BCUT2D eigenvalue weighted by Gasteiger charge is 2.28. The van der Waals surface area contributed by atoms with Gasteiger partial charge in [-0.15, -0.1) is 11.3 Å². The molecule has 1 saturated heterocycles. The number of likely N-dealkylation sites (tertiary alicyclic amines) is 1. The van der Waals surface area contributed by atoms with E-state index in [9.17, 15) is 18.4 Å². The molecule has 2 rings (SSSR count). The summed E-state index contributed by atoms with van der Waals surface area (Å²) in [7, 11) is 0. The van der Waals surface area contributed by atoms with Crippen LogP contribution < -0.4 is 10.6 Å². The standard InChI is InChI=1S/C13H17F2N3O2S/c1-2-16-13(20)18-5-3-8(7-18)17-12(19)9-4-6-21-10(9)11(14)15/h4,6,8,11H,2-3,5,7H2,1H3,(H,16,20)(H,17,19). The number of urea groups is 1. The number of nitrogens with zero attached hydrogens (tertiary/aromatic N) is 1. The number of nitrogens with one attached hydrogen (secondary N) is 2. The minimum Gasteiger partial charge on any atom is -0.347 e. The molecule has 1 fully saturated rings. The molecule has 0 aliphatic carbocycles. The Morgan fingerprint density at radius 3 is 2.95 bits per heavy atom. The van der Waals surface area contributed by atoms with E-state index in [1.54, 1.807) is 4.90 Å². The smallest absolute Gasteiger partial charge is 0.317 e. The third-order valence-electron chi connectivity index (χ3n) is 3.28. The number of rotatable bonds is 4. The fourth-order valence-corrected chi connectivity index (χ4v) is 3.01.